The number of benzene rings is 9. The Kier molecular flexibility index (Phi) is 39.3. The molecule has 0 radical (unpaired) electrons. The van der Waals surface area contributed by atoms with Gasteiger partial charge in [0.25, 0.3) is 5.91 Å². The number of aliphatic imine (C=N–C) groups is 1. The van der Waals surface area contributed by atoms with E-state index in [1.807, 2.05) is 208 Å². The number of aromatic nitrogens is 6. The van der Waals surface area contributed by atoms with Crippen LogP contribution in [0.4, 0.5) is 5.69 Å². The summed E-state index contributed by atoms with van der Waals surface area (Å²) in [6.45, 7) is 24.6. The number of amides is 1. The van der Waals surface area contributed by atoms with Crippen LogP contribution in [0.3, 0.4) is 0 Å². The average Bonchev–Trinajstić information content (AvgIpc) is 1.56. The molecule has 4 heterocycles. The van der Waals surface area contributed by atoms with Crippen molar-refractivity contribution in [1.82, 2.24) is 33.8 Å². The fourth-order valence-corrected chi connectivity index (χ4v) is 16.3. The summed E-state index contributed by atoms with van der Waals surface area (Å²) in [6.07, 6.45) is 22.8. The molecule has 0 bridgehead atoms. The SMILES string of the molecule is C.C.C=CCOC(=O)C(C)(C)CC.CCC(C)(C)C(=O)O.CCC(C)(CO)C(=O)OC1CCCCC1.CCN(CC)c1ccc(/C=C2/OC(=NC3CCCCC3)N(C3CCCCC3)C2=O)cc1.Clc1ccccc1-c1nc(-c2ccccc2)c(-c2ccccc2)n1-n1c(-c2ccccc2Cl)nc(-c2ccccc2)c1-c1ccccc1.S=c1[nH]c2ccccc2n1-c1ccccc1. The van der Waals surface area contributed by atoms with Crippen LogP contribution >= 0.6 is 35.4 Å². The molecule has 1 unspecified atom stereocenters. The van der Waals surface area contributed by atoms with E-state index in [0.717, 1.165) is 154 Å². The van der Waals surface area contributed by atoms with E-state index in [1.165, 1.54) is 50.6 Å². The van der Waals surface area contributed by atoms with Gasteiger partial charge in [-0.3, -0.25) is 28.6 Å². The molecule has 692 valence electrons. The van der Waals surface area contributed by atoms with Gasteiger partial charge in [-0.1, -0.05) is 304 Å². The highest BCUT2D eigenvalue weighted by atomic mass is 35.5. The van der Waals surface area contributed by atoms with Crippen molar-refractivity contribution in [2.75, 3.05) is 31.2 Å². The van der Waals surface area contributed by atoms with Crippen molar-refractivity contribution >= 4 is 88.1 Å². The molecule has 4 aliphatic rings. The molecule has 3 aliphatic carbocycles. The number of aromatic amines is 1. The first-order valence-corrected chi connectivity index (χ1v) is 46.8. The molecule has 4 fully saturated rings. The average molecular weight is 1830 g/mol. The van der Waals surface area contributed by atoms with Crippen LogP contribution in [-0.2, 0) is 33.4 Å². The molecule has 1 aliphatic heterocycles. The zero-order chi connectivity index (χ0) is 92.0. The second-order valence-electron chi connectivity index (χ2n) is 34.4. The fourth-order valence-electron chi connectivity index (χ4n) is 15.6. The summed E-state index contributed by atoms with van der Waals surface area (Å²) in [4.78, 5) is 69.8. The number of carboxylic acid groups (broad SMARTS) is 1. The lowest BCUT2D eigenvalue weighted by Gasteiger charge is -2.29. The Morgan fingerprint density at radius 3 is 1.43 bits per heavy atom. The molecule has 1 amide bonds. The number of amidine groups is 1. The molecule has 18 nitrogen and oxygen atoms in total. The first-order valence-electron chi connectivity index (χ1n) is 45.6. The molecule has 3 aromatic heterocycles. The number of nitrogens with zero attached hydrogens (tertiary/aromatic N) is 8. The zero-order valence-electron chi connectivity index (χ0n) is 76.3. The monoisotopic (exact) mass is 1830 g/mol. The summed E-state index contributed by atoms with van der Waals surface area (Å²) in [7, 11) is 0. The van der Waals surface area contributed by atoms with Crippen molar-refractivity contribution in [3.05, 3.63) is 288 Å². The number of aliphatic hydroxyl groups is 1. The number of rotatable bonds is 24. The first-order chi connectivity index (χ1) is 62.4. The number of aliphatic carboxylic acids is 1. The number of aliphatic hydroxyl groups excluding tert-OH is 1. The van der Waals surface area contributed by atoms with Gasteiger partial charge < -0.3 is 34.3 Å². The number of halogens is 2. The van der Waals surface area contributed by atoms with Gasteiger partial charge in [0, 0.05) is 63.9 Å². The number of imidazole rings is 3. The summed E-state index contributed by atoms with van der Waals surface area (Å²) in [5.41, 5.74) is 12.8. The third kappa shape index (κ3) is 26.6. The third-order valence-corrected chi connectivity index (χ3v) is 25.5. The van der Waals surface area contributed by atoms with Crippen LogP contribution in [-0.4, -0.2) is 118 Å². The Bertz CT molecular complexity index is 5580. The van der Waals surface area contributed by atoms with Gasteiger partial charge >= 0.3 is 23.9 Å². The van der Waals surface area contributed by atoms with E-state index in [2.05, 4.69) is 131 Å². The van der Waals surface area contributed by atoms with Crippen LogP contribution in [0, 0.1) is 21.0 Å². The lowest BCUT2D eigenvalue weighted by Crippen LogP contribution is -2.41. The molecule has 131 heavy (non-hydrogen) atoms. The van der Waals surface area contributed by atoms with Gasteiger partial charge in [-0.15, -0.1) is 0 Å². The summed E-state index contributed by atoms with van der Waals surface area (Å²) in [5, 5.41) is 18.8. The number of fused-ring (bicyclic) bond motifs is 1. The number of ether oxygens (including phenoxy) is 3. The highest BCUT2D eigenvalue weighted by Gasteiger charge is 2.41. The molecule has 21 heteroatoms. The minimum absolute atomic E-state index is 0. The molecular formula is C110H133Cl2N9O9S. The van der Waals surface area contributed by atoms with E-state index >= 15 is 0 Å². The van der Waals surface area contributed by atoms with Crippen molar-refractivity contribution in [2.45, 2.75) is 218 Å². The molecule has 3 saturated carbocycles. The standard InChI is InChI=1S/C42H28Cl2N4.C26H37N3O2.C13H10N2S.C12H22O3.C9H16O2.C6H12O2.2CH4/c43-35-27-15-13-25-33(35)41-45-37(29-17-5-1-6-18-29)39(31-21-9-3-10-22-31)47(41)48-40(32-23-11-4-12-24-32)38(30-19-7-2-8-20-30)46-42(48)34-26-14-16-28-36(34)44;1-3-28(4-2)22-17-15-20(16-18-22)19-24-25(30)29(23-13-9-6-10-14-23)26(31-24)27-21-11-7-5-8-12-21;16-13-14-11-8-4-5-9-12(11)15(13)10-6-2-1-3-7-10;1-3-12(2,9-13)11(14)15-10-7-5-4-6-8-10;1-5-7-11-8(10)9(3,4)6-2;1-4-6(2,3)5(7)8;;/h1-28H;15-19,21,23H,3-14H2,1-2H3;1-9H,(H,14,16);10,13H,3-9H2,1-2H3;5H,1,6-7H2,2-4H3;4H2,1-3H3,(H,7,8);2*1H4/b;24-19+,27-26?;;;;;;. The number of carboxylic acids is 1. The molecule has 1 saturated heterocycles. The van der Waals surface area contributed by atoms with Gasteiger partial charge in [-0.2, -0.15) is 0 Å². The summed E-state index contributed by atoms with van der Waals surface area (Å²) in [5.74, 6) is 0.617. The zero-order valence-corrected chi connectivity index (χ0v) is 78.6. The van der Waals surface area contributed by atoms with Crippen LogP contribution in [0.1, 0.15) is 205 Å². The van der Waals surface area contributed by atoms with Crippen LogP contribution in [0.2, 0.25) is 10.0 Å². The van der Waals surface area contributed by atoms with Crippen molar-refractivity contribution in [1.29, 1.82) is 0 Å². The fraction of sp³-hybridized carbons (Fsp3) is 0.364. The molecule has 0 spiro atoms. The summed E-state index contributed by atoms with van der Waals surface area (Å²) < 4.78 is 23.6. The topological polar surface area (TPSA) is 212 Å². The number of hydrogen-bond donors (Lipinski definition) is 3. The number of carbonyl (C=O) groups is 4. The van der Waals surface area contributed by atoms with E-state index in [-0.39, 0.29) is 62.9 Å². The first kappa shape index (κ1) is 103. The Labute approximate surface area is 791 Å². The van der Waals surface area contributed by atoms with Gasteiger partial charge in [-0.25, -0.2) is 24.3 Å². The lowest BCUT2D eigenvalue weighted by atomic mass is 9.88. The number of H-pyrrole nitrogens is 1. The molecule has 16 rings (SSSR count). The summed E-state index contributed by atoms with van der Waals surface area (Å²) >= 11 is 19.4. The van der Waals surface area contributed by atoms with Crippen molar-refractivity contribution in [3.8, 4) is 73.5 Å². The maximum atomic E-state index is 13.4. The Morgan fingerprint density at radius 1 is 0.557 bits per heavy atom. The van der Waals surface area contributed by atoms with Gasteiger partial charge in [-0.05, 0) is 204 Å². The largest absolute Gasteiger partial charge is 0.481 e. The third-order valence-electron chi connectivity index (χ3n) is 24.6. The molecule has 1 atom stereocenters. The van der Waals surface area contributed by atoms with Gasteiger partial charge in [0.15, 0.2) is 22.2 Å². The number of carbonyl (C=O) groups excluding carboxylic acids is 3. The Hall–Kier alpha value is -11.7. The molecular weight excluding hydrogens is 1690 g/mol. The molecule has 12 aromatic rings. The van der Waals surface area contributed by atoms with Gasteiger partial charge in [0.05, 0.1) is 72.7 Å². The van der Waals surface area contributed by atoms with Crippen LogP contribution in [0.5, 0.6) is 0 Å². The van der Waals surface area contributed by atoms with Crippen molar-refractivity contribution in [3.63, 3.8) is 0 Å². The highest BCUT2D eigenvalue weighted by Crippen LogP contribution is 2.45. The van der Waals surface area contributed by atoms with Crippen LogP contribution in [0.25, 0.3) is 90.6 Å². The van der Waals surface area contributed by atoms with E-state index in [1.54, 1.807) is 26.8 Å². The Balaban J connectivity index is 0.000000199. The second kappa shape index (κ2) is 50.0. The van der Waals surface area contributed by atoms with E-state index in [4.69, 9.17) is 69.7 Å². The number of nitrogens with one attached hydrogen (secondary N) is 1. The highest BCUT2D eigenvalue weighted by molar-refractivity contribution is 7.71. The minimum Gasteiger partial charge on any atom is -0.481 e. The maximum absolute atomic E-state index is 13.4. The Morgan fingerprint density at radius 2 is 0.992 bits per heavy atom. The number of hydrogen-bond acceptors (Lipinski definition) is 13. The normalized spacial score (nSPS) is 15.1. The van der Waals surface area contributed by atoms with E-state index < -0.39 is 16.8 Å². The lowest BCUT2D eigenvalue weighted by molar-refractivity contribution is -0.164. The number of anilines is 1. The van der Waals surface area contributed by atoms with Gasteiger partial charge in [0.1, 0.15) is 12.7 Å². The van der Waals surface area contributed by atoms with Gasteiger partial charge in [0.2, 0.25) is 0 Å². The van der Waals surface area contributed by atoms with E-state index in [9.17, 15) is 24.3 Å². The van der Waals surface area contributed by atoms with Crippen molar-refractivity contribution < 1.29 is 43.6 Å². The predicted octanol–water partition coefficient (Wildman–Crippen LogP) is 28.3. The smallest absolute Gasteiger partial charge is 0.314 e. The quantitative estimate of drug-likeness (QED) is 0.0223. The summed E-state index contributed by atoms with van der Waals surface area (Å²) in [6, 6.07) is 84.6. The number of esters is 2. The van der Waals surface area contributed by atoms with Crippen LogP contribution in [0.15, 0.2) is 272 Å². The van der Waals surface area contributed by atoms with E-state index in [0.29, 0.717) is 52.9 Å². The number of para-hydroxylation sites is 3. The molecule has 9 aromatic carbocycles. The second-order valence-corrected chi connectivity index (χ2v) is 35.6. The minimum atomic E-state index is -0.722. The molecule has 3 N–H and O–H groups in total. The van der Waals surface area contributed by atoms with Crippen molar-refractivity contribution in [2.24, 2.45) is 21.2 Å². The maximum Gasteiger partial charge on any atom is 0.314 e. The predicted molar refractivity (Wildman–Crippen MR) is 542 cm³/mol. The van der Waals surface area contributed by atoms with Crippen LogP contribution < -0.4 is 4.90 Å².